The van der Waals surface area contributed by atoms with Crippen LogP contribution in [0.1, 0.15) is 22.4 Å². The van der Waals surface area contributed by atoms with Gasteiger partial charge in [-0.3, -0.25) is 9.69 Å². The number of ether oxygens (including phenoxy) is 1. The topological polar surface area (TPSA) is 41.6 Å². The highest BCUT2D eigenvalue weighted by atomic mass is 32.1. The molecule has 1 amide bonds. The molecule has 1 aromatic carbocycles. The Balaban J connectivity index is 1.45. The van der Waals surface area contributed by atoms with Crippen molar-refractivity contribution in [1.82, 2.24) is 10.2 Å². The van der Waals surface area contributed by atoms with Gasteiger partial charge in [0.15, 0.2) is 0 Å². The Bertz CT molecular complexity index is 655. The minimum atomic E-state index is 0.124. The van der Waals surface area contributed by atoms with Crippen LogP contribution < -0.4 is 10.1 Å². The lowest BCUT2D eigenvalue weighted by molar-refractivity contribution is -0.121. The number of carbonyl (C=O) groups is 1. The maximum atomic E-state index is 12.0. The van der Waals surface area contributed by atoms with Gasteiger partial charge in [-0.2, -0.15) is 0 Å². The number of hydrogen-bond acceptors (Lipinski definition) is 4. The van der Waals surface area contributed by atoms with Gasteiger partial charge in [-0.1, -0.05) is 12.1 Å². The van der Waals surface area contributed by atoms with E-state index in [1.54, 1.807) is 18.4 Å². The van der Waals surface area contributed by atoms with Crippen LogP contribution in [0.25, 0.3) is 0 Å². The normalized spacial score (nSPS) is 14.3. The van der Waals surface area contributed by atoms with Crippen LogP contribution in [0.2, 0.25) is 0 Å². The van der Waals surface area contributed by atoms with E-state index in [2.05, 4.69) is 22.3 Å². The SMILES string of the molecule is COc1ccc2c(c1)CCN(CCC(=O)NCc1cccs1)C2. The lowest BCUT2D eigenvalue weighted by Gasteiger charge is -2.28. The molecule has 0 spiro atoms. The standard InChI is InChI=1S/C18H22N2O2S/c1-22-16-5-4-15-13-20(8-6-14(15)11-16)9-7-18(21)19-12-17-3-2-10-23-17/h2-5,10-11H,6-9,12-13H2,1H3,(H,19,21). The number of nitrogens with one attached hydrogen (secondary N) is 1. The fraction of sp³-hybridized carbons (Fsp3) is 0.389. The monoisotopic (exact) mass is 330 g/mol. The van der Waals surface area contributed by atoms with Gasteiger partial charge >= 0.3 is 0 Å². The zero-order chi connectivity index (χ0) is 16.1. The molecule has 1 aromatic heterocycles. The molecule has 0 saturated carbocycles. The van der Waals surface area contributed by atoms with Gasteiger partial charge in [0.2, 0.25) is 5.91 Å². The quantitative estimate of drug-likeness (QED) is 0.885. The van der Waals surface area contributed by atoms with Gasteiger partial charge < -0.3 is 10.1 Å². The molecule has 4 nitrogen and oxygen atoms in total. The van der Waals surface area contributed by atoms with Crippen molar-refractivity contribution in [2.45, 2.75) is 25.9 Å². The van der Waals surface area contributed by atoms with Gasteiger partial charge in [-0.25, -0.2) is 0 Å². The number of amides is 1. The third-order valence-electron chi connectivity index (χ3n) is 4.20. The molecule has 0 bridgehead atoms. The number of benzene rings is 1. The van der Waals surface area contributed by atoms with E-state index in [-0.39, 0.29) is 5.91 Å². The van der Waals surface area contributed by atoms with Gasteiger partial charge in [0.25, 0.3) is 0 Å². The summed E-state index contributed by atoms with van der Waals surface area (Å²) in [6.07, 6.45) is 1.57. The first-order chi connectivity index (χ1) is 11.2. The number of rotatable bonds is 6. The van der Waals surface area contributed by atoms with Crippen molar-refractivity contribution < 1.29 is 9.53 Å². The first kappa shape index (κ1) is 16.0. The van der Waals surface area contributed by atoms with E-state index >= 15 is 0 Å². The predicted molar refractivity (Wildman–Crippen MR) is 92.8 cm³/mol. The molecule has 3 rings (SSSR count). The van der Waals surface area contributed by atoms with Crippen LogP contribution in [0.3, 0.4) is 0 Å². The third-order valence-corrected chi connectivity index (χ3v) is 5.08. The van der Waals surface area contributed by atoms with Gasteiger partial charge in [0, 0.05) is 30.9 Å². The van der Waals surface area contributed by atoms with Crippen LogP contribution >= 0.6 is 11.3 Å². The number of fused-ring (bicyclic) bond motifs is 1. The molecule has 0 radical (unpaired) electrons. The van der Waals surface area contributed by atoms with Gasteiger partial charge in [0.1, 0.15) is 5.75 Å². The largest absolute Gasteiger partial charge is 0.497 e. The lowest BCUT2D eigenvalue weighted by atomic mass is 9.99. The van der Waals surface area contributed by atoms with Crippen LogP contribution in [0.15, 0.2) is 35.7 Å². The van der Waals surface area contributed by atoms with Gasteiger partial charge in [-0.15, -0.1) is 11.3 Å². The second-order valence-corrected chi connectivity index (χ2v) is 6.80. The molecular formula is C18H22N2O2S. The summed E-state index contributed by atoms with van der Waals surface area (Å²) in [5, 5.41) is 5.02. The van der Waals surface area contributed by atoms with Crippen molar-refractivity contribution in [2.75, 3.05) is 20.2 Å². The number of thiophene rings is 1. The number of hydrogen-bond donors (Lipinski definition) is 1. The van der Waals surface area contributed by atoms with E-state index in [0.29, 0.717) is 13.0 Å². The molecule has 0 atom stereocenters. The summed E-state index contributed by atoms with van der Waals surface area (Å²) < 4.78 is 5.28. The van der Waals surface area contributed by atoms with E-state index in [4.69, 9.17) is 4.74 Å². The van der Waals surface area contributed by atoms with Crippen molar-refractivity contribution in [3.8, 4) is 5.75 Å². The van der Waals surface area contributed by atoms with Crippen LogP contribution in [-0.2, 0) is 24.3 Å². The summed E-state index contributed by atoms with van der Waals surface area (Å²) in [6.45, 7) is 3.36. The van der Waals surface area contributed by atoms with Crippen molar-refractivity contribution in [1.29, 1.82) is 0 Å². The Hall–Kier alpha value is -1.85. The molecule has 122 valence electrons. The first-order valence-electron chi connectivity index (χ1n) is 7.92. The number of carbonyl (C=O) groups excluding carboxylic acids is 1. The Kier molecular flexibility index (Phi) is 5.31. The molecule has 0 aliphatic carbocycles. The Labute approximate surface area is 141 Å². The fourth-order valence-corrected chi connectivity index (χ4v) is 3.50. The summed E-state index contributed by atoms with van der Waals surface area (Å²) in [4.78, 5) is 15.5. The summed E-state index contributed by atoms with van der Waals surface area (Å²) in [6, 6.07) is 10.3. The average molecular weight is 330 g/mol. The summed E-state index contributed by atoms with van der Waals surface area (Å²) in [7, 11) is 1.70. The molecule has 0 unspecified atom stereocenters. The van der Waals surface area contributed by atoms with Crippen LogP contribution in [0.5, 0.6) is 5.75 Å². The lowest BCUT2D eigenvalue weighted by Crippen LogP contribution is -2.34. The highest BCUT2D eigenvalue weighted by molar-refractivity contribution is 7.09. The summed E-state index contributed by atoms with van der Waals surface area (Å²) in [5.74, 6) is 1.05. The molecule has 23 heavy (non-hydrogen) atoms. The highest BCUT2D eigenvalue weighted by Gasteiger charge is 2.17. The zero-order valence-electron chi connectivity index (χ0n) is 13.4. The van der Waals surface area contributed by atoms with Crippen molar-refractivity contribution in [2.24, 2.45) is 0 Å². The highest BCUT2D eigenvalue weighted by Crippen LogP contribution is 2.23. The minimum absolute atomic E-state index is 0.124. The minimum Gasteiger partial charge on any atom is -0.497 e. The Morgan fingerprint density at radius 3 is 3.04 bits per heavy atom. The van der Waals surface area contributed by atoms with Gasteiger partial charge in [-0.05, 0) is 41.1 Å². The van der Waals surface area contributed by atoms with Crippen molar-refractivity contribution in [3.05, 3.63) is 51.7 Å². The summed E-state index contributed by atoms with van der Waals surface area (Å²) in [5.41, 5.74) is 2.71. The first-order valence-corrected chi connectivity index (χ1v) is 8.80. The molecular weight excluding hydrogens is 308 g/mol. The van der Waals surface area contributed by atoms with Crippen LogP contribution in [0, 0.1) is 0 Å². The number of methoxy groups -OCH3 is 1. The molecule has 0 fully saturated rings. The predicted octanol–water partition coefficient (Wildman–Crippen LogP) is 2.82. The molecule has 1 N–H and O–H groups in total. The molecule has 2 aromatic rings. The molecule has 0 saturated heterocycles. The van der Waals surface area contributed by atoms with E-state index in [1.807, 2.05) is 23.6 Å². The van der Waals surface area contributed by atoms with Crippen LogP contribution in [-0.4, -0.2) is 31.0 Å². The molecule has 2 heterocycles. The summed E-state index contributed by atoms with van der Waals surface area (Å²) >= 11 is 1.67. The third kappa shape index (κ3) is 4.33. The van der Waals surface area contributed by atoms with Crippen molar-refractivity contribution in [3.63, 3.8) is 0 Å². The van der Waals surface area contributed by atoms with Crippen molar-refractivity contribution >= 4 is 17.2 Å². The molecule has 1 aliphatic heterocycles. The van der Waals surface area contributed by atoms with Gasteiger partial charge in [0.05, 0.1) is 13.7 Å². The van der Waals surface area contributed by atoms with E-state index in [0.717, 1.165) is 31.8 Å². The van der Waals surface area contributed by atoms with E-state index < -0.39 is 0 Å². The van der Waals surface area contributed by atoms with E-state index in [1.165, 1.54) is 16.0 Å². The molecule has 5 heteroatoms. The molecule has 1 aliphatic rings. The van der Waals surface area contributed by atoms with E-state index in [9.17, 15) is 4.79 Å². The Morgan fingerprint density at radius 2 is 2.26 bits per heavy atom. The fourth-order valence-electron chi connectivity index (χ4n) is 2.85. The number of nitrogens with zero attached hydrogens (tertiary/aromatic N) is 1. The average Bonchev–Trinajstić information content (AvgIpc) is 3.11. The zero-order valence-corrected chi connectivity index (χ0v) is 14.2. The van der Waals surface area contributed by atoms with Crippen LogP contribution in [0.4, 0.5) is 0 Å². The second-order valence-electron chi connectivity index (χ2n) is 5.77. The smallest absolute Gasteiger partial charge is 0.221 e. The second kappa shape index (κ2) is 7.62. The Morgan fingerprint density at radius 1 is 1.35 bits per heavy atom. The maximum Gasteiger partial charge on any atom is 0.221 e. The maximum absolute atomic E-state index is 12.0.